The number of rotatable bonds is 3. The van der Waals surface area contributed by atoms with Gasteiger partial charge in [-0.25, -0.2) is 0 Å². The Morgan fingerprint density at radius 2 is 2.06 bits per heavy atom. The minimum absolute atomic E-state index is 0.198. The predicted molar refractivity (Wildman–Crippen MR) is 67.5 cm³/mol. The molecule has 0 amide bonds. The Labute approximate surface area is 103 Å². The second kappa shape index (κ2) is 5.46. The molecule has 92 valence electrons. The fraction of sp³-hybridized carbons (Fsp3) is 0.533. The number of carbonyl (C=O) groups is 1. The van der Waals surface area contributed by atoms with Gasteiger partial charge in [0.2, 0.25) is 0 Å². The zero-order valence-corrected chi connectivity index (χ0v) is 10.3. The minimum Gasteiger partial charge on any atom is -0.388 e. The number of hydrogen-bond donors (Lipinski definition) is 1. The van der Waals surface area contributed by atoms with E-state index in [0.717, 1.165) is 24.8 Å². The third-order valence-corrected chi connectivity index (χ3v) is 3.88. The van der Waals surface area contributed by atoms with Gasteiger partial charge >= 0.3 is 0 Å². The monoisotopic (exact) mass is 232 g/mol. The molecule has 0 heterocycles. The van der Waals surface area contributed by atoms with Gasteiger partial charge in [0.15, 0.2) is 0 Å². The van der Waals surface area contributed by atoms with E-state index in [-0.39, 0.29) is 11.7 Å². The summed E-state index contributed by atoms with van der Waals surface area (Å²) >= 11 is 0. The number of benzene rings is 1. The Kier molecular flexibility index (Phi) is 3.95. The molecule has 1 aromatic rings. The van der Waals surface area contributed by atoms with Crippen LogP contribution >= 0.6 is 0 Å². The predicted octanol–water partition coefficient (Wildman–Crippen LogP) is 3.12. The average molecular weight is 232 g/mol. The lowest BCUT2D eigenvalue weighted by molar-refractivity contribution is -0.132. The Bertz CT molecular complexity index is 372. The van der Waals surface area contributed by atoms with E-state index in [4.69, 9.17) is 0 Å². The minimum atomic E-state index is -0.631. The molecule has 2 rings (SSSR count). The third kappa shape index (κ3) is 2.58. The fourth-order valence-corrected chi connectivity index (χ4v) is 2.90. The molecule has 1 N–H and O–H groups in total. The van der Waals surface area contributed by atoms with Crippen LogP contribution in [0, 0.1) is 11.8 Å². The lowest BCUT2D eigenvalue weighted by atomic mass is 9.72. The van der Waals surface area contributed by atoms with E-state index >= 15 is 0 Å². The van der Waals surface area contributed by atoms with Crippen LogP contribution in [0.5, 0.6) is 0 Å². The topological polar surface area (TPSA) is 37.3 Å². The summed E-state index contributed by atoms with van der Waals surface area (Å²) in [4.78, 5) is 12.0. The summed E-state index contributed by atoms with van der Waals surface area (Å²) in [6.45, 7) is 2.11. The molecule has 1 aliphatic carbocycles. The highest BCUT2D eigenvalue weighted by atomic mass is 16.3. The fourth-order valence-electron chi connectivity index (χ4n) is 2.90. The van der Waals surface area contributed by atoms with Gasteiger partial charge in [-0.15, -0.1) is 0 Å². The highest BCUT2D eigenvalue weighted by molar-refractivity contribution is 5.82. The lowest BCUT2D eigenvalue weighted by Crippen LogP contribution is -2.33. The van der Waals surface area contributed by atoms with E-state index in [1.165, 1.54) is 0 Å². The molecule has 0 saturated heterocycles. The van der Waals surface area contributed by atoms with Gasteiger partial charge in [0.05, 0.1) is 12.0 Å². The number of aliphatic hydroxyl groups is 1. The van der Waals surface area contributed by atoms with Crippen molar-refractivity contribution in [1.82, 2.24) is 0 Å². The maximum atomic E-state index is 12.0. The Morgan fingerprint density at radius 3 is 2.71 bits per heavy atom. The van der Waals surface area contributed by atoms with Crippen LogP contribution in [0.4, 0.5) is 0 Å². The summed E-state index contributed by atoms with van der Waals surface area (Å²) in [5.41, 5.74) is 0.867. The van der Waals surface area contributed by atoms with E-state index in [1.807, 2.05) is 30.3 Å². The number of Topliss-reactive ketones (excluding diaryl/α,β-unsaturated/α-hetero) is 1. The van der Waals surface area contributed by atoms with Gasteiger partial charge in [-0.1, -0.05) is 43.7 Å². The van der Waals surface area contributed by atoms with E-state index in [2.05, 4.69) is 6.92 Å². The molecule has 1 aromatic carbocycles. The molecule has 2 nitrogen and oxygen atoms in total. The highest BCUT2D eigenvalue weighted by Crippen LogP contribution is 2.38. The molecule has 1 aliphatic rings. The van der Waals surface area contributed by atoms with Crippen LogP contribution in [-0.4, -0.2) is 10.9 Å². The van der Waals surface area contributed by atoms with Crippen molar-refractivity contribution in [3.05, 3.63) is 35.9 Å². The van der Waals surface area contributed by atoms with Crippen molar-refractivity contribution < 1.29 is 9.90 Å². The first-order valence-electron chi connectivity index (χ1n) is 6.49. The molecule has 2 heteroatoms. The van der Waals surface area contributed by atoms with Crippen LogP contribution in [-0.2, 0) is 4.79 Å². The largest absolute Gasteiger partial charge is 0.388 e. The summed E-state index contributed by atoms with van der Waals surface area (Å²) in [6.07, 6.45) is 3.02. The molecular formula is C15H20O2. The van der Waals surface area contributed by atoms with Gasteiger partial charge in [-0.05, 0) is 24.3 Å². The second-order valence-corrected chi connectivity index (χ2v) is 4.91. The average Bonchev–Trinajstić information content (AvgIpc) is 2.38. The van der Waals surface area contributed by atoms with Crippen LogP contribution < -0.4 is 0 Å². The standard InChI is InChI=1S/C15H20O2/c1-2-11-9-6-10-13(16)14(11)15(17)12-7-4-3-5-8-12/h3-5,7-8,11,14-15,17H,2,6,9-10H2,1H3. The van der Waals surface area contributed by atoms with E-state index < -0.39 is 6.10 Å². The van der Waals surface area contributed by atoms with Gasteiger partial charge in [-0.2, -0.15) is 0 Å². The molecule has 1 saturated carbocycles. The Morgan fingerprint density at radius 1 is 1.35 bits per heavy atom. The van der Waals surface area contributed by atoms with Crippen LogP contribution in [0.1, 0.15) is 44.3 Å². The third-order valence-electron chi connectivity index (χ3n) is 3.88. The summed E-state index contributed by atoms with van der Waals surface area (Å²) < 4.78 is 0. The van der Waals surface area contributed by atoms with Crippen molar-refractivity contribution in [3.8, 4) is 0 Å². The first kappa shape index (κ1) is 12.3. The molecule has 0 bridgehead atoms. The number of hydrogen-bond acceptors (Lipinski definition) is 2. The van der Waals surface area contributed by atoms with E-state index in [0.29, 0.717) is 12.3 Å². The summed E-state index contributed by atoms with van der Waals surface area (Å²) in [5, 5.41) is 10.4. The quantitative estimate of drug-likeness (QED) is 0.869. The highest BCUT2D eigenvalue weighted by Gasteiger charge is 2.36. The Balaban J connectivity index is 2.21. The van der Waals surface area contributed by atoms with Crippen molar-refractivity contribution in [2.24, 2.45) is 11.8 Å². The number of carbonyl (C=O) groups excluding carboxylic acids is 1. The zero-order valence-electron chi connectivity index (χ0n) is 10.3. The van der Waals surface area contributed by atoms with Gasteiger partial charge < -0.3 is 5.11 Å². The summed E-state index contributed by atoms with van der Waals surface area (Å²) in [7, 11) is 0. The lowest BCUT2D eigenvalue weighted by Gasteiger charge is -2.33. The van der Waals surface area contributed by atoms with Crippen molar-refractivity contribution in [1.29, 1.82) is 0 Å². The van der Waals surface area contributed by atoms with Gasteiger partial charge in [0.1, 0.15) is 5.78 Å². The molecule has 3 atom stereocenters. The van der Waals surface area contributed by atoms with Crippen LogP contribution in [0.2, 0.25) is 0 Å². The van der Waals surface area contributed by atoms with Gasteiger partial charge in [0.25, 0.3) is 0 Å². The maximum Gasteiger partial charge on any atom is 0.139 e. The molecule has 3 unspecified atom stereocenters. The maximum absolute atomic E-state index is 12.0. The zero-order chi connectivity index (χ0) is 12.3. The van der Waals surface area contributed by atoms with Crippen LogP contribution in [0.3, 0.4) is 0 Å². The molecule has 1 fully saturated rings. The van der Waals surface area contributed by atoms with Crippen molar-refractivity contribution in [3.63, 3.8) is 0 Å². The van der Waals surface area contributed by atoms with Crippen molar-refractivity contribution in [2.75, 3.05) is 0 Å². The van der Waals surface area contributed by atoms with Crippen LogP contribution in [0.15, 0.2) is 30.3 Å². The molecule has 0 aromatic heterocycles. The van der Waals surface area contributed by atoms with Crippen molar-refractivity contribution in [2.45, 2.75) is 38.7 Å². The SMILES string of the molecule is CCC1CCCC(=O)C1C(O)c1ccccc1. The molecule has 0 radical (unpaired) electrons. The molecule has 0 spiro atoms. The normalized spacial score (nSPS) is 26.8. The van der Waals surface area contributed by atoms with E-state index in [9.17, 15) is 9.90 Å². The van der Waals surface area contributed by atoms with Gasteiger partial charge in [0, 0.05) is 6.42 Å². The molecule has 0 aliphatic heterocycles. The summed E-state index contributed by atoms with van der Waals surface area (Å²) in [6, 6.07) is 9.55. The number of ketones is 1. The van der Waals surface area contributed by atoms with Crippen LogP contribution in [0.25, 0.3) is 0 Å². The second-order valence-electron chi connectivity index (χ2n) is 4.91. The molecule has 17 heavy (non-hydrogen) atoms. The summed E-state index contributed by atoms with van der Waals surface area (Å²) in [5.74, 6) is 0.377. The number of aliphatic hydroxyl groups excluding tert-OH is 1. The molecular weight excluding hydrogens is 212 g/mol. The first-order chi connectivity index (χ1) is 8.24. The first-order valence-corrected chi connectivity index (χ1v) is 6.49. The van der Waals surface area contributed by atoms with Gasteiger partial charge in [-0.3, -0.25) is 4.79 Å². The Hall–Kier alpha value is -1.15. The van der Waals surface area contributed by atoms with E-state index in [1.54, 1.807) is 0 Å². The smallest absolute Gasteiger partial charge is 0.139 e. The van der Waals surface area contributed by atoms with Crippen molar-refractivity contribution >= 4 is 5.78 Å².